The van der Waals surface area contributed by atoms with Crippen LogP contribution in [0.2, 0.25) is 0 Å². The fourth-order valence-corrected chi connectivity index (χ4v) is 8.62. The number of likely N-dealkylation sites (tertiary alicyclic amines) is 1. The summed E-state index contributed by atoms with van der Waals surface area (Å²) in [6, 6.07) is 12.3. The highest BCUT2D eigenvalue weighted by atomic mass is 32.2. The summed E-state index contributed by atoms with van der Waals surface area (Å²) in [6.07, 6.45) is 1.39. The summed E-state index contributed by atoms with van der Waals surface area (Å²) >= 11 is 1.59. The van der Waals surface area contributed by atoms with E-state index in [1.54, 1.807) is 25.6 Å². The summed E-state index contributed by atoms with van der Waals surface area (Å²) < 4.78 is 4.19. The average Bonchev–Trinajstić information content (AvgIpc) is 3.39. The third kappa shape index (κ3) is 3.26. The summed E-state index contributed by atoms with van der Waals surface area (Å²) in [5, 5.41) is 15.0. The van der Waals surface area contributed by atoms with E-state index in [0.29, 0.717) is 12.1 Å². The van der Waals surface area contributed by atoms with E-state index >= 15 is 0 Å². The molecule has 5 rings (SSSR count). The summed E-state index contributed by atoms with van der Waals surface area (Å²) in [5.74, 6) is -2.14. The number of fused-ring (bicyclic) bond motifs is 2. The summed E-state index contributed by atoms with van der Waals surface area (Å²) in [6.45, 7) is 5.49. The van der Waals surface area contributed by atoms with E-state index in [9.17, 15) is 19.5 Å². The second-order valence-electron chi connectivity index (χ2n) is 9.81. The van der Waals surface area contributed by atoms with Gasteiger partial charge in [0.05, 0.1) is 35.8 Å². The Hall–Kier alpha value is -2.58. The number of thioether (sulfide) groups is 1. The molecule has 2 bridgehead atoms. The number of amides is 2. The van der Waals surface area contributed by atoms with Crippen molar-refractivity contribution in [1.29, 1.82) is 0 Å². The van der Waals surface area contributed by atoms with Gasteiger partial charge in [0.2, 0.25) is 11.8 Å². The first kappa shape index (κ1) is 23.2. The topological polar surface area (TPSA) is 95.9 Å². The summed E-state index contributed by atoms with van der Waals surface area (Å²) in [4.78, 5) is 42.2. The van der Waals surface area contributed by atoms with Crippen LogP contribution in [0.3, 0.4) is 0 Å². The molecule has 0 aliphatic carbocycles. The number of benzene rings is 2. The van der Waals surface area contributed by atoms with Gasteiger partial charge >= 0.3 is 5.97 Å². The molecule has 0 saturated carbocycles. The molecule has 180 valence electrons. The number of ether oxygens (including phenoxy) is 1. The lowest BCUT2D eigenvalue weighted by Gasteiger charge is -2.35. The number of nitrogens with zero attached hydrogens (tertiary/aromatic N) is 1. The molecule has 0 radical (unpaired) electrons. The minimum absolute atomic E-state index is 0.241. The van der Waals surface area contributed by atoms with E-state index in [4.69, 9.17) is 4.74 Å². The van der Waals surface area contributed by atoms with Crippen molar-refractivity contribution < 1.29 is 24.2 Å². The summed E-state index contributed by atoms with van der Waals surface area (Å²) in [5.41, 5.74) is 0.651. The molecule has 7 nitrogen and oxygen atoms in total. The Balaban J connectivity index is 1.53. The largest absolute Gasteiger partial charge is 0.466 e. The number of esters is 1. The lowest BCUT2D eigenvalue weighted by molar-refractivity contribution is -0.155. The van der Waals surface area contributed by atoms with Crippen LogP contribution < -0.4 is 5.32 Å². The maximum atomic E-state index is 13.8. The number of carbonyl (C=O) groups is 3. The van der Waals surface area contributed by atoms with E-state index in [1.807, 2.05) is 49.4 Å². The second kappa shape index (κ2) is 8.27. The van der Waals surface area contributed by atoms with Crippen molar-refractivity contribution in [2.24, 2.45) is 11.8 Å². The molecule has 34 heavy (non-hydrogen) atoms. The van der Waals surface area contributed by atoms with E-state index in [-0.39, 0.29) is 31.0 Å². The molecule has 3 heterocycles. The van der Waals surface area contributed by atoms with Gasteiger partial charge in [-0.1, -0.05) is 30.3 Å². The second-order valence-corrected chi connectivity index (χ2v) is 11.7. The van der Waals surface area contributed by atoms with Crippen LogP contribution in [-0.2, 0) is 19.1 Å². The zero-order chi connectivity index (χ0) is 24.3. The van der Waals surface area contributed by atoms with Crippen molar-refractivity contribution in [3.63, 3.8) is 0 Å². The number of nitrogens with one attached hydrogen (secondary N) is 1. The normalized spacial score (nSPS) is 32.6. The smallest absolute Gasteiger partial charge is 0.311 e. The highest BCUT2D eigenvalue weighted by Crippen LogP contribution is 2.71. The van der Waals surface area contributed by atoms with E-state index in [1.165, 1.54) is 4.90 Å². The minimum atomic E-state index is -0.787. The predicted octanol–water partition coefficient (Wildman–Crippen LogP) is 3.20. The van der Waals surface area contributed by atoms with Crippen molar-refractivity contribution in [3.05, 3.63) is 42.5 Å². The maximum absolute atomic E-state index is 13.8. The zero-order valence-corrected chi connectivity index (χ0v) is 20.4. The van der Waals surface area contributed by atoms with Crippen LogP contribution in [0.5, 0.6) is 0 Å². The molecule has 3 aliphatic heterocycles. The first-order valence-electron chi connectivity index (χ1n) is 11.9. The van der Waals surface area contributed by atoms with Crippen LogP contribution >= 0.6 is 11.8 Å². The van der Waals surface area contributed by atoms with Gasteiger partial charge in [0.15, 0.2) is 0 Å². The van der Waals surface area contributed by atoms with Gasteiger partial charge in [0, 0.05) is 10.4 Å². The van der Waals surface area contributed by atoms with Gasteiger partial charge in [-0.2, -0.15) is 0 Å². The van der Waals surface area contributed by atoms with Gasteiger partial charge in [-0.05, 0) is 56.5 Å². The third-order valence-corrected chi connectivity index (χ3v) is 9.75. The standard InChI is InChI=1S/C26H30N2O5S/c1-4-33-24(32)20-19-23(31)28(15(2)14-29)21(26(19)12-11-25(20,3)34-26)22(30)27-18-10-9-16-7-5-6-8-17(16)13-18/h5-10,13,15,19-21,29H,4,11-12,14H2,1-3H3,(H,27,30)/t15-,19+,20+,21?,25-,26?/m1/s1. The number of carbonyl (C=O) groups excluding carboxylic acids is 3. The third-order valence-electron chi connectivity index (χ3n) is 7.76. The van der Waals surface area contributed by atoms with E-state index in [0.717, 1.165) is 17.2 Å². The molecule has 3 aliphatic rings. The number of aliphatic hydroxyl groups is 1. The molecule has 2 N–H and O–H groups in total. The Morgan fingerprint density at radius 2 is 1.97 bits per heavy atom. The van der Waals surface area contributed by atoms with E-state index < -0.39 is 33.4 Å². The number of hydrogen-bond donors (Lipinski definition) is 2. The molecule has 2 amide bonds. The first-order chi connectivity index (χ1) is 16.3. The van der Waals surface area contributed by atoms with Crippen molar-refractivity contribution in [2.45, 2.75) is 55.2 Å². The SMILES string of the molecule is CCOC(=O)[C@@H]1[C@H]2C(=O)N([C@H](C)CO)C(C(=O)Nc3ccc4ccccc4c3)C23CC[C@@]1(C)S3. The molecule has 2 aromatic rings. The highest BCUT2D eigenvalue weighted by molar-refractivity contribution is 8.02. The van der Waals surface area contributed by atoms with Crippen molar-refractivity contribution in [1.82, 2.24) is 4.90 Å². The number of aliphatic hydroxyl groups excluding tert-OH is 1. The van der Waals surface area contributed by atoms with Crippen molar-refractivity contribution >= 4 is 46.0 Å². The van der Waals surface area contributed by atoms with Gasteiger partial charge in [-0.15, -0.1) is 11.8 Å². The van der Waals surface area contributed by atoms with Crippen molar-refractivity contribution in [2.75, 3.05) is 18.5 Å². The number of anilines is 1. The van der Waals surface area contributed by atoms with Crippen LogP contribution in [0.1, 0.15) is 33.6 Å². The Kier molecular flexibility index (Phi) is 5.64. The fourth-order valence-electron chi connectivity index (χ4n) is 6.29. The van der Waals surface area contributed by atoms with Gasteiger partial charge in [0.1, 0.15) is 6.04 Å². The van der Waals surface area contributed by atoms with Crippen LogP contribution in [0, 0.1) is 11.8 Å². The molecule has 2 aromatic carbocycles. The molecule has 6 atom stereocenters. The van der Waals surface area contributed by atoms with Gasteiger partial charge < -0.3 is 20.1 Å². The van der Waals surface area contributed by atoms with Crippen LogP contribution in [0.25, 0.3) is 10.8 Å². The quantitative estimate of drug-likeness (QED) is 0.614. The monoisotopic (exact) mass is 482 g/mol. The average molecular weight is 483 g/mol. The molecular formula is C26H30N2O5S. The highest BCUT2D eigenvalue weighted by Gasteiger charge is 2.77. The maximum Gasteiger partial charge on any atom is 0.311 e. The minimum Gasteiger partial charge on any atom is -0.466 e. The van der Waals surface area contributed by atoms with Crippen LogP contribution in [0.4, 0.5) is 5.69 Å². The zero-order valence-electron chi connectivity index (χ0n) is 19.6. The lowest BCUT2D eigenvalue weighted by atomic mass is 9.66. The molecule has 3 fully saturated rings. The Bertz CT molecular complexity index is 1170. The fraction of sp³-hybridized carbons (Fsp3) is 0.500. The van der Waals surface area contributed by atoms with Gasteiger partial charge in [-0.25, -0.2) is 0 Å². The molecule has 3 saturated heterocycles. The molecular weight excluding hydrogens is 452 g/mol. The Morgan fingerprint density at radius 3 is 2.68 bits per heavy atom. The molecule has 8 heteroatoms. The first-order valence-corrected chi connectivity index (χ1v) is 12.7. The Morgan fingerprint density at radius 1 is 1.24 bits per heavy atom. The van der Waals surface area contributed by atoms with Crippen LogP contribution in [0.15, 0.2) is 42.5 Å². The molecule has 0 aromatic heterocycles. The lowest BCUT2D eigenvalue weighted by Crippen LogP contribution is -2.54. The summed E-state index contributed by atoms with van der Waals surface area (Å²) in [7, 11) is 0. The Labute approximate surface area is 203 Å². The van der Waals surface area contributed by atoms with E-state index in [2.05, 4.69) is 5.32 Å². The van der Waals surface area contributed by atoms with Gasteiger partial charge in [-0.3, -0.25) is 14.4 Å². The number of hydrogen-bond acceptors (Lipinski definition) is 6. The van der Waals surface area contributed by atoms with Crippen molar-refractivity contribution in [3.8, 4) is 0 Å². The van der Waals surface area contributed by atoms with Crippen LogP contribution in [-0.4, -0.2) is 62.6 Å². The predicted molar refractivity (Wildman–Crippen MR) is 131 cm³/mol. The molecule has 1 spiro atoms. The molecule has 2 unspecified atom stereocenters. The van der Waals surface area contributed by atoms with Gasteiger partial charge in [0.25, 0.3) is 0 Å². The number of rotatable bonds is 6.